The predicted octanol–water partition coefficient (Wildman–Crippen LogP) is 2.29. The average Bonchev–Trinajstić information content (AvgIpc) is 2.18. The van der Waals surface area contributed by atoms with E-state index in [2.05, 4.69) is 30.4 Å². The molecule has 2 nitrogen and oxygen atoms in total. The molecule has 0 amide bonds. The molecule has 0 bridgehead atoms. The summed E-state index contributed by atoms with van der Waals surface area (Å²) in [5, 5.41) is 3.45. The number of hydrogen-bond donors (Lipinski definition) is 1. The maximum Gasteiger partial charge on any atom is 0.119 e. The van der Waals surface area contributed by atoms with Crippen LogP contribution in [0, 0.1) is 0 Å². The van der Waals surface area contributed by atoms with E-state index >= 15 is 0 Å². The van der Waals surface area contributed by atoms with E-state index < -0.39 is 0 Å². The lowest BCUT2D eigenvalue weighted by molar-refractivity contribution is 0.339. The summed E-state index contributed by atoms with van der Waals surface area (Å²) >= 11 is 0. The van der Waals surface area contributed by atoms with Crippen LogP contribution in [0.2, 0.25) is 0 Å². The van der Waals surface area contributed by atoms with Crippen LogP contribution in [0.5, 0.6) is 5.75 Å². The van der Waals surface area contributed by atoms with Crippen LogP contribution in [0.25, 0.3) is 0 Å². The van der Waals surface area contributed by atoms with Gasteiger partial charge in [-0.15, -0.1) is 0 Å². The van der Waals surface area contributed by atoms with Crippen LogP contribution in [-0.4, -0.2) is 13.2 Å². The van der Waals surface area contributed by atoms with Crippen molar-refractivity contribution in [2.75, 3.05) is 13.2 Å². The molecule has 2 heteroatoms. The normalized spacial score (nSPS) is 20.3. The highest BCUT2D eigenvalue weighted by Crippen LogP contribution is 2.26. The predicted molar refractivity (Wildman–Crippen MR) is 57.7 cm³/mol. The zero-order chi connectivity index (χ0) is 9.97. The molecule has 1 aliphatic rings. The van der Waals surface area contributed by atoms with Crippen molar-refractivity contribution in [1.29, 1.82) is 0 Å². The van der Waals surface area contributed by atoms with Gasteiger partial charge in [-0.25, -0.2) is 0 Å². The minimum Gasteiger partial charge on any atom is -0.494 e. The maximum absolute atomic E-state index is 5.49. The van der Waals surface area contributed by atoms with Crippen LogP contribution in [0.4, 0.5) is 0 Å². The van der Waals surface area contributed by atoms with Crippen LogP contribution in [-0.2, 0) is 6.42 Å². The molecule has 0 aliphatic carbocycles. The smallest absolute Gasteiger partial charge is 0.119 e. The molecule has 1 heterocycles. The van der Waals surface area contributed by atoms with Gasteiger partial charge in [-0.2, -0.15) is 0 Å². The highest BCUT2D eigenvalue weighted by atomic mass is 16.5. The highest BCUT2D eigenvalue weighted by Gasteiger charge is 2.15. The van der Waals surface area contributed by atoms with Crippen molar-refractivity contribution in [3.63, 3.8) is 0 Å². The second kappa shape index (κ2) is 4.01. The fraction of sp³-hybridized carbons (Fsp3) is 0.500. The minimum atomic E-state index is 0.481. The van der Waals surface area contributed by atoms with Gasteiger partial charge in [-0.05, 0) is 50.1 Å². The van der Waals surface area contributed by atoms with Crippen LogP contribution < -0.4 is 10.1 Å². The highest BCUT2D eigenvalue weighted by molar-refractivity contribution is 5.38. The molecule has 1 N–H and O–H groups in total. The fourth-order valence-electron chi connectivity index (χ4n) is 2.01. The van der Waals surface area contributed by atoms with Crippen molar-refractivity contribution in [1.82, 2.24) is 5.32 Å². The third-order valence-corrected chi connectivity index (χ3v) is 2.74. The minimum absolute atomic E-state index is 0.481. The molecule has 1 atom stereocenters. The Labute approximate surface area is 85.3 Å². The number of rotatable bonds is 2. The van der Waals surface area contributed by atoms with Crippen molar-refractivity contribution in [2.45, 2.75) is 26.3 Å². The number of nitrogens with one attached hydrogen (secondary N) is 1. The summed E-state index contributed by atoms with van der Waals surface area (Å²) in [6, 6.07) is 6.90. The van der Waals surface area contributed by atoms with Gasteiger partial charge in [0.1, 0.15) is 5.75 Å². The number of fused-ring (bicyclic) bond motifs is 1. The van der Waals surface area contributed by atoms with Crippen molar-refractivity contribution >= 4 is 0 Å². The van der Waals surface area contributed by atoms with Crippen molar-refractivity contribution in [2.24, 2.45) is 0 Å². The first-order valence-electron chi connectivity index (χ1n) is 5.30. The molecule has 1 aromatic carbocycles. The Morgan fingerprint density at radius 3 is 3.14 bits per heavy atom. The molecule has 0 saturated heterocycles. The van der Waals surface area contributed by atoms with E-state index in [0.717, 1.165) is 25.3 Å². The van der Waals surface area contributed by atoms with E-state index in [9.17, 15) is 0 Å². The number of ether oxygens (including phenoxy) is 1. The maximum atomic E-state index is 5.49. The molecule has 0 fully saturated rings. The van der Waals surface area contributed by atoms with E-state index in [1.165, 1.54) is 11.1 Å². The second-order valence-corrected chi connectivity index (χ2v) is 3.72. The molecular formula is C12H17NO. The lowest BCUT2D eigenvalue weighted by atomic mass is 9.95. The van der Waals surface area contributed by atoms with Crippen molar-refractivity contribution < 1.29 is 4.74 Å². The van der Waals surface area contributed by atoms with Crippen LogP contribution >= 0.6 is 0 Å². The lowest BCUT2D eigenvalue weighted by Gasteiger charge is -2.24. The van der Waals surface area contributed by atoms with Gasteiger partial charge >= 0.3 is 0 Å². The first kappa shape index (κ1) is 9.53. The van der Waals surface area contributed by atoms with Gasteiger partial charge in [0.25, 0.3) is 0 Å². The van der Waals surface area contributed by atoms with E-state index in [-0.39, 0.29) is 0 Å². The summed E-state index contributed by atoms with van der Waals surface area (Å²) in [4.78, 5) is 0. The molecule has 2 rings (SSSR count). The van der Waals surface area contributed by atoms with Crippen molar-refractivity contribution in [3.8, 4) is 5.75 Å². The SMILES string of the molecule is CCOc1ccc2c(c1)CCN[C@@H]2C. The molecule has 76 valence electrons. The largest absolute Gasteiger partial charge is 0.494 e. The molecule has 0 unspecified atom stereocenters. The van der Waals surface area contributed by atoms with Gasteiger partial charge in [0, 0.05) is 6.04 Å². The summed E-state index contributed by atoms with van der Waals surface area (Å²) in [6.07, 6.45) is 1.11. The summed E-state index contributed by atoms with van der Waals surface area (Å²) in [7, 11) is 0. The number of benzene rings is 1. The van der Waals surface area contributed by atoms with E-state index in [1.54, 1.807) is 0 Å². The van der Waals surface area contributed by atoms with Gasteiger partial charge in [0.05, 0.1) is 6.61 Å². The second-order valence-electron chi connectivity index (χ2n) is 3.72. The molecule has 0 spiro atoms. The fourth-order valence-corrected chi connectivity index (χ4v) is 2.01. The number of hydrogen-bond acceptors (Lipinski definition) is 2. The molecular weight excluding hydrogens is 174 g/mol. The first-order chi connectivity index (χ1) is 6.81. The van der Waals surface area contributed by atoms with E-state index in [1.807, 2.05) is 6.92 Å². The summed E-state index contributed by atoms with van der Waals surface area (Å²) in [6.45, 7) is 6.04. The first-order valence-corrected chi connectivity index (χ1v) is 5.30. The standard InChI is InChI=1S/C12H17NO/c1-3-14-11-4-5-12-9(2)13-7-6-10(12)8-11/h4-5,8-9,13H,3,6-7H2,1-2H3/t9-/m1/s1. The average molecular weight is 191 g/mol. The van der Waals surface area contributed by atoms with E-state index in [0.29, 0.717) is 6.04 Å². The van der Waals surface area contributed by atoms with Gasteiger partial charge in [-0.1, -0.05) is 6.07 Å². The van der Waals surface area contributed by atoms with E-state index in [4.69, 9.17) is 4.74 Å². The molecule has 1 aromatic rings. The third kappa shape index (κ3) is 1.75. The Morgan fingerprint density at radius 1 is 1.50 bits per heavy atom. The molecule has 0 radical (unpaired) electrons. The monoisotopic (exact) mass is 191 g/mol. The van der Waals surface area contributed by atoms with Crippen LogP contribution in [0.1, 0.15) is 31.0 Å². The summed E-state index contributed by atoms with van der Waals surface area (Å²) in [5.74, 6) is 1.00. The Balaban J connectivity index is 2.29. The van der Waals surface area contributed by atoms with Gasteiger partial charge < -0.3 is 10.1 Å². The molecule has 0 saturated carbocycles. The molecule has 14 heavy (non-hydrogen) atoms. The van der Waals surface area contributed by atoms with Crippen LogP contribution in [0.15, 0.2) is 18.2 Å². The zero-order valence-corrected chi connectivity index (χ0v) is 8.84. The molecule has 0 aromatic heterocycles. The van der Waals surface area contributed by atoms with Crippen molar-refractivity contribution in [3.05, 3.63) is 29.3 Å². The quantitative estimate of drug-likeness (QED) is 0.774. The summed E-state index contributed by atoms with van der Waals surface area (Å²) < 4.78 is 5.49. The Kier molecular flexibility index (Phi) is 2.73. The third-order valence-electron chi connectivity index (χ3n) is 2.74. The molecule has 1 aliphatic heterocycles. The Bertz CT molecular complexity index is 322. The van der Waals surface area contributed by atoms with Crippen LogP contribution in [0.3, 0.4) is 0 Å². The summed E-state index contributed by atoms with van der Waals surface area (Å²) in [5.41, 5.74) is 2.85. The topological polar surface area (TPSA) is 21.3 Å². The zero-order valence-electron chi connectivity index (χ0n) is 8.84. The Hall–Kier alpha value is -1.02. The van der Waals surface area contributed by atoms with Gasteiger partial charge in [0.15, 0.2) is 0 Å². The Morgan fingerprint density at radius 2 is 2.36 bits per heavy atom. The van der Waals surface area contributed by atoms with Gasteiger partial charge in [-0.3, -0.25) is 0 Å². The lowest BCUT2D eigenvalue weighted by Crippen LogP contribution is -2.27. The van der Waals surface area contributed by atoms with Gasteiger partial charge in [0.2, 0.25) is 0 Å².